The fourth-order valence-corrected chi connectivity index (χ4v) is 1.96. The number of rotatable bonds is 8. The quantitative estimate of drug-likeness (QED) is 0.287. The first-order valence-electron chi connectivity index (χ1n) is 4.87. The highest BCUT2D eigenvalue weighted by molar-refractivity contribution is 14.1. The molecule has 0 spiro atoms. The highest BCUT2D eigenvalue weighted by Gasteiger charge is 2.28. The molecule has 0 aliphatic carbocycles. The van der Waals surface area contributed by atoms with Crippen molar-refractivity contribution in [1.29, 1.82) is 0 Å². The fraction of sp³-hybridized carbons (Fsp3) is 1.00. The van der Waals surface area contributed by atoms with Crippen molar-refractivity contribution in [2.24, 2.45) is 0 Å². The Hall–Kier alpha value is 1.26. The first-order chi connectivity index (χ1) is 7.34. The van der Waals surface area contributed by atoms with E-state index in [9.17, 15) is 5.11 Å². The molecular weight excluding hydrogens is 442 g/mol. The predicted octanol–water partition coefficient (Wildman–Crippen LogP) is 1.01. The normalized spacial score (nSPS) is 18.2. The molecule has 3 N–H and O–H groups in total. The number of alkyl halides is 1. The van der Waals surface area contributed by atoms with Crippen LogP contribution in [0.1, 0.15) is 20.3 Å². The molecule has 0 aromatic carbocycles. The second kappa shape index (κ2) is 8.38. The summed E-state index contributed by atoms with van der Waals surface area (Å²) < 4.78 is 10.3. The Morgan fingerprint density at radius 3 is 2.12 bits per heavy atom. The molecule has 0 radical (unpaired) electrons. The van der Waals surface area contributed by atoms with Gasteiger partial charge in [0.05, 0.1) is 29.3 Å². The molecule has 5 nitrogen and oxygen atoms in total. The summed E-state index contributed by atoms with van der Waals surface area (Å²) in [6.07, 6.45) is -0.327. The summed E-state index contributed by atoms with van der Waals surface area (Å²) >= 11 is 3.76. The number of aliphatic hydroxyl groups excluding tert-OH is 2. The Morgan fingerprint density at radius 1 is 1.25 bits per heavy atom. The van der Waals surface area contributed by atoms with Gasteiger partial charge in [-0.25, -0.2) is 0 Å². The maximum absolute atomic E-state index is 9.58. The Morgan fingerprint density at radius 2 is 1.81 bits per heavy atom. The Balaban J connectivity index is 4.42. The van der Waals surface area contributed by atoms with Gasteiger partial charge in [0.25, 0.3) is 0 Å². The van der Waals surface area contributed by atoms with Crippen molar-refractivity contribution in [3.05, 3.63) is 0 Å². The molecular formula is C9H18I2O5. The van der Waals surface area contributed by atoms with Crippen molar-refractivity contribution in [2.75, 3.05) is 13.2 Å². The van der Waals surface area contributed by atoms with Gasteiger partial charge in [-0.05, 0) is 13.8 Å². The summed E-state index contributed by atoms with van der Waals surface area (Å²) in [4.78, 5) is 0. The van der Waals surface area contributed by atoms with Gasteiger partial charge in [0.15, 0.2) is 5.79 Å². The molecule has 16 heavy (non-hydrogen) atoms. The summed E-state index contributed by atoms with van der Waals surface area (Å²) in [5.41, 5.74) is 0. The molecule has 3 atom stereocenters. The summed E-state index contributed by atoms with van der Waals surface area (Å²) in [5, 5.41) is 27.7. The fourth-order valence-electron chi connectivity index (χ4n) is 1.16. The minimum Gasteiger partial charge on any atom is -0.395 e. The molecule has 0 bridgehead atoms. The van der Waals surface area contributed by atoms with E-state index in [4.69, 9.17) is 18.0 Å². The van der Waals surface area contributed by atoms with Crippen LogP contribution in [0.2, 0.25) is 0 Å². The van der Waals surface area contributed by atoms with Crippen LogP contribution in [0.25, 0.3) is 0 Å². The number of hydrogen-bond acceptors (Lipinski definition) is 5. The standard InChI is InChI=1S/C9H18I2O5/c1-9(2,14)15-8(7(10)5-13)3-6(4-12)16-11/h6-8,12-14H,3-5H2,1-2H3/t6-,7?,8-/m0/s1. The zero-order valence-corrected chi connectivity index (χ0v) is 13.6. The van der Waals surface area contributed by atoms with Gasteiger partial charge in [-0.1, -0.05) is 22.6 Å². The maximum Gasteiger partial charge on any atom is 0.160 e. The largest absolute Gasteiger partial charge is 0.395 e. The van der Waals surface area contributed by atoms with Crippen LogP contribution in [-0.4, -0.2) is 50.5 Å². The first kappa shape index (κ1) is 17.3. The number of aliphatic hydroxyl groups is 3. The van der Waals surface area contributed by atoms with Crippen LogP contribution in [-0.2, 0) is 7.80 Å². The molecule has 0 aliphatic rings. The highest BCUT2D eigenvalue weighted by atomic mass is 127. The van der Waals surface area contributed by atoms with Crippen LogP contribution in [0.15, 0.2) is 0 Å². The molecule has 7 heteroatoms. The van der Waals surface area contributed by atoms with E-state index < -0.39 is 5.79 Å². The molecule has 0 heterocycles. The molecule has 98 valence electrons. The summed E-state index contributed by atoms with van der Waals surface area (Å²) in [7, 11) is 0. The molecule has 0 saturated carbocycles. The average molecular weight is 460 g/mol. The lowest BCUT2D eigenvalue weighted by atomic mass is 10.1. The van der Waals surface area contributed by atoms with E-state index in [0.29, 0.717) is 6.42 Å². The summed E-state index contributed by atoms with van der Waals surface area (Å²) in [6, 6.07) is 0. The molecule has 0 aromatic heterocycles. The van der Waals surface area contributed by atoms with Crippen LogP contribution in [0, 0.1) is 0 Å². The van der Waals surface area contributed by atoms with Crippen LogP contribution in [0.4, 0.5) is 0 Å². The predicted molar refractivity (Wildman–Crippen MR) is 76.7 cm³/mol. The lowest BCUT2D eigenvalue weighted by Crippen LogP contribution is -2.39. The van der Waals surface area contributed by atoms with Crippen molar-refractivity contribution in [3.63, 3.8) is 0 Å². The monoisotopic (exact) mass is 460 g/mol. The summed E-state index contributed by atoms with van der Waals surface area (Å²) in [6.45, 7) is 2.88. The topological polar surface area (TPSA) is 79.2 Å². The Labute approximate surface area is 123 Å². The highest BCUT2D eigenvalue weighted by Crippen LogP contribution is 2.22. The first-order valence-corrected chi connectivity index (χ1v) is 7.00. The Kier molecular flexibility index (Phi) is 9.04. The third kappa shape index (κ3) is 7.56. The van der Waals surface area contributed by atoms with E-state index in [-0.39, 0.29) is 29.3 Å². The van der Waals surface area contributed by atoms with Crippen LogP contribution < -0.4 is 0 Å². The molecule has 0 saturated heterocycles. The van der Waals surface area contributed by atoms with E-state index in [0.717, 1.165) is 0 Å². The third-order valence-electron chi connectivity index (χ3n) is 1.84. The van der Waals surface area contributed by atoms with Gasteiger partial charge in [0.1, 0.15) is 23.0 Å². The van der Waals surface area contributed by atoms with E-state index in [1.807, 2.05) is 22.6 Å². The second-order valence-electron chi connectivity index (χ2n) is 3.93. The number of hydrogen-bond donors (Lipinski definition) is 3. The average Bonchev–Trinajstić information content (AvgIpc) is 2.21. The van der Waals surface area contributed by atoms with E-state index in [1.54, 1.807) is 23.0 Å². The van der Waals surface area contributed by atoms with Crippen LogP contribution in [0.5, 0.6) is 0 Å². The van der Waals surface area contributed by atoms with Crippen molar-refractivity contribution in [3.8, 4) is 0 Å². The maximum atomic E-state index is 9.58. The van der Waals surface area contributed by atoms with E-state index in [2.05, 4.69) is 0 Å². The lowest BCUT2D eigenvalue weighted by molar-refractivity contribution is -0.210. The van der Waals surface area contributed by atoms with Crippen molar-refractivity contribution in [2.45, 2.75) is 42.2 Å². The lowest BCUT2D eigenvalue weighted by Gasteiger charge is -2.30. The van der Waals surface area contributed by atoms with Crippen LogP contribution >= 0.6 is 45.6 Å². The van der Waals surface area contributed by atoms with Crippen molar-refractivity contribution in [1.82, 2.24) is 0 Å². The zero-order chi connectivity index (χ0) is 12.8. The smallest absolute Gasteiger partial charge is 0.160 e. The second-order valence-corrected chi connectivity index (χ2v) is 6.04. The van der Waals surface area contributed by atoms with Crippen molar-refractivity contribution < 1.29 is 23.1 Å². The Bertz CT molecular complexity index is 181. The third-order valence-corrected chi connectivity index (χ3v) is 3.76. The van der Waals surface area contributed by atoms with E-state index in [1.165, 1.54) is 13.8 Å². The van der Waals surface area contributed by atoms with Crippen LogP contribution in [0.3, 0.4) is 0 Å². The summed E-state index contributed by atoms with van der Waals surface area (Å²) in [5.74, 6) is -1.27. The van der Waals surface area contributed by atoms with Gasteiger partial charge >= 0.3 is 0 Å². The van der Waals surface area contributed by atoms with Gasteiger partial charge in [-0.2, -0.15) is 0 Å². The van der Waals surface area contributed by atoms with E-state index >= 15 is 0 Å². The van der Waals surface area contributed by atoms with Gasteiger partial charge in [0, 0.05) is 6.42 Å². The van der Waals surface area contributed by atoms with Crippen molar-refractivity contribution >= 4 is 45.6 Å². The minimum atomic E-state index is -1.27. The minimum absolute atomic E-state index is 0.0549. The van der Waals surface area contributed by atoms with Gasteiger partial charge < -0.3 is 23.1 Å². The SMILES string of the molecule is CC(C)(O)O[C@@H](C[C@@H](CO)OI)C(I)CO. The molecule has 0 aliphatic heterocycles. The van der Waals surface area contributed by atoms with Gasteiger partial charge in [-0.3, -0.25) is 0 Å². The molecule has 0 amide bonds. The number of halogens is 2. The zero-order valence-electron chi connectivity index (χ0n) is 9.27. The molecule has 0 rings (SSSR count). The number of ether oxygens (including phenoxy) is 1. The molecule has 0 aromatic rings. The van der Waals surface area contributed by atoms with Gasteiger partial charge in [-0.15, -0.1) is 0 Å². The van der Waals surface area contributed by atoms with Gasteiger partial charge in [0.2, 0.25) is 0 Å². The molecule has 1 unspecified atom stereocenters. The molecule has 0 fully saturated rings.